The summed E-state index contributed by atoms with van der Waals surface area (Å²) >= 11 is 0. The maximum Gasteiger partial charge on any atom is 0.336 e. The van der Waals surface area contributed by atoms with Crippen LogP contribution in [-0.4, -0.2) is 17.7 Å². The minimum Gasteiger partial charge on any atom is -0.478 e. The van der Waals surface area contributed by atoms with Crippen molar-refractivity contribution in [1.29, 1.82) is 0 Å². The summed E-state index contributed by atoms with van der Waals surface area (Å²) in [5, 5.41) is 0.959. The van der Waals surface area contributed by atoms with Crippen molar-refractivity contribution >= 4 is 11.0 Å². The van der Waals surface area contributed by atoms with E-state index in [-0.39, 0.29) is 5.63 Å². The SMILES string of the molecule is O=c1cc(-c2ccccc2)c2ccc3c(c2o1)CN(C1CC1)CO3. The molecule has 0 saturated heterocycles. The predicted octanol–water partition coefficient (Wildman–Crippen LogP) is 3.77. The summed E-state index contributed by atoms with van der Waals surface area (Å²) in [5.74, 6) is 0.827. The van der Waals surface area contributed by atoms with Crippen LogP contribution in [0.1, 0.15) is 18.4 Å². The largest absolute Gasteiger partial charge is 0.478 e. The van der Waals surface area contributed by atoms with Crippen molar-refractivity contribution in [3.63, 3.8) is 0 Å². The zero-order chi connectivity index (χ0) is 16.1. The second kappa shape index (κ2) is 5.21. The van der Waals surface area contributed by atoms with E-state index in [2.05, 4.69) is 4.90 Å². The number of nitrogens with zero attached hydrogens (tertiary/aromatic N) is 1. The number of hydrogen-bond acceptors (Lipinski definition) is 4. The lowest BCUT2D eigenvalue weighted by Crippen LogP contribution is -2.33. The van der Waals surface area contributed by atoms with E-state index in [0.29, 0.717) is 18.4 Å². The van der Waals surface area contributed by atoms with Gasteiger partial charge in [-0.3, -0.25) is 4.90 Å². The Morgan fingerprint density at radius 2 is 1.88 bits per heavy atom. The molecule has 1 fully saturated rings. The summed E-state index contributed by atoms with van der Waals surface area (Å²) in [6, 6.07) is 16.1. The van der Waals surface area contributed by atoms with Crippen LogP contribution in [0.5, 0.6) is 5.75 Å². The van der Waals surface area contributed by atoms with Crippen LogP contribution in [0, 0.1) is 0 Å². The molecule has 0 amide bonds. The van der Waals surface area contributed by atoms with Crippen molar-refractivity contribution < 1.29 is 9.15 Å². The van der Waals surface area contributed by atoms with E-state index in [1.165, 1.54) is 12.8 Å². The maximum atomic E-state index is 12.2. The van der Waals surface area contributed by atoms with Gasteiger partial charge in [0.2, 0.25) is 0 Å². The molecule has 0 spiro atoms. The number of rotatable bonds is 2. The number of ether oxygens (including phenoxy) is 1. The van der Waals surface area contributed by atoms with Gasteiger partial charge in [0.05, 0.1) is 5.56 Å². The highest BCUT2D eigenvalue weighted by Gasteiger charge is 2.33. The Balaban J connectivity index is 1.73. The molecule has 2 heterocycles. The minimum atomic E-state index is -0.321. The second-order valence-electron chi connectivity index (χ2n) is 6.52. The highest BCUT2D eigenvalue weighted by Crippen LogP contribution is 2.38. The number of fused-ring (bicyclic) bond motifs is 3. The minimum absolute atomic E-state index is 0.321. The highest BCUT2D eigenvalue weighted by atomic mass is 16.5. The van der Waals surface area contributed by atoms with Gasteiger partial charge in [0.15, 0.2) is 0 Å². The molecule has 0 N–H and O–H groups in total. The molecule has 4 nitrogen and oxygen atoms in total. The van der Waals surface area contributed by atoms with Crippen molar-refractivity contribution in [3.8, 4) is 16.9 Å². The Kier molecular flexibility index (Phi) is 3.00. The van der Waals surface area contributed by atoms with Crippen LogP contribution in [0.15, 0.2) is 57.7 Å². The van der Waals surface area contributed by atoms with Gasteiger partial charge in [0.1, 0.15) is 18.1 Å². The van der Waals surface area contributed by atoms with Crippen molar-refractivity contribution in [2.45, 2.75) is 25.4 Å². The molecular formula is C20H17NO3. The van der Waals surface area contributed by atoms with Crippen molar-refractivity contribution in [1.82, 2.24) is 4.90 Å². The molecule has 0 radical (unpaired) electrons. The van der Waals surface area contributed by atoms with Gasteiger partial charge in [-0.1, -0.05) is 30.3 Å². The third-order valence-corrected chi connectivity index (χ3v) is 4.87. The first-order valence-electron chi connectivity index (χ1n) is 8.31. The van der Waals surface area contributed by atoms with E-state index in [1.54, 1.807) is 6.07 Å². The van der Waals surface area contributed by atoms with Gasteiger partial charge in [-0.05, 0) is 36.1 Å². The van der Waals surface area contributed by atoms with E-state index in [0.717, 1.165) is 34.4 Å². The fraction of sp³-hybridized carbons (Fsp3) is 0.250. The van der Waals surface area contributed by atoms with Gasteiger partial charge >= 0.3 is 5.63 Å². The van der Waals surface area contributed by atoms with Gasteiger partial charge in [0.25, 0.3) is 0 Å². The quantitative estimate of drug-likeness (QED) is 0.674. The predicted molar refractivity (Wildman–Crippen MR) is 92.0 cm³/mol. The van der Waals surface area contributed by atoms with E-state index in [4.69, 9.17) is 9.15 Å². The van der Waals surface area contributed by atoms with Crippen LogP contribution < -0.4 is 10.4 Å². The van der Waals surface area contributed by atoms with Crippen molar-refractivity contribution in [2.24, 2.45) is 0 Å². The Labute approximate surface area is 139 Å². The third-order valence-electron chi connectivity index (χ3n) is 4.87. The molecular weight excluding hydrogens is 302 g/mol. The van der Waals surface area contributed by atoms with Crippen LogP contribution in [0.2, 0.25) is 0 Å². The van der Waals surface area contributed by atoms with Crippen molar-refractivity contribution in [3.05, 3.63) is 64.5 Å². The normalized spacial score (nSPS) is 17.5. The maximum absolute atomic E-state index is 12.2. The fourth-order valence-electron chi connectivity index (χ4n) is 3.48. The van der Waals surface area contributed by atoms with Crippen molar-refractivity contribution in [2.75, 3.05) is 6.73 Å². The molecule has 0 bridgehead atoms. The third kappa shape index (κ3) is 2.22. The van der Waals surface area contributed by atoms with E-state index in [9.17, 15) is 4.79 Å². The topological polar surface area (TPSA) is 42.7 Å². The molecule has 1 saturated carbocycles. The summed E-state index contributed by atoms with van der Waals surface area (Å²) in [5.41, 5.74) is 3.25. The van der Waals surface area contributed by atoms with Crippen LogP contribution in [0.3, 0.4) is 0 Å². The Morgan fingerprint density at radius 1 is 1.04 bits per heavy atom. The molecule has 2 aromatic carbocycles. The lowest BCUT2D eigenvalue weighted by molar-refractivity contribution is 0.0885. The zero-order valence-corrected chi connectivity index (χ0v) is 13.2. The lowest BCUT2D eigenvalue weighted by atomic mass is 9.99. The second-order valence-corrected chi connectivity index (χ2v) is 6.52. The van der Waals surface area contributed by atoms with E-state index in [1.807, 2.05) is 42.5 Å². The molecule has 0 unspecified atom stereocenters. The van der Waals surface area contributed by atoms with E-state index >= 15 is 0 Å². The Morgan fingerprint density at radius 3 is 2.67 bits per heavy atom. The van der Waals surface area contributed by atoms with Crippen LogP contribution in [-0.2, 0) is 6.54 Å². The first kappa shape index (κ1) is 13.8. The molecule has 2 aliphatic rings. The summed E-state index contributed by atoms with van der Waals surface area (Å²) in [7, 11) is 0. The van der Waals surface area contributed by atoms with E-state index < -0.39 is 0 Å². The molecule has 5 rings (SSSR count). The molecule has 1 aromatic heterocycles. The molecule has 0 atom stereocenters. The molecule has 4 heteroatoms. The molecule has 1 aliphatic carbocycles. The van der Waals surface area contributed by atoms with Gasteiger partial charge in [-0.15, -0.1) is 0 Å². The Hall–Kier alpha value is -2.59. The summed E-state index contributed by atoms with van der Waals surface area (Å²) in [6.07, 6.45) is 2.45. The first-order valence-corrected chi connectivity index (χ1v) is 8.31. The number of hydrogen-bond donors (Lipinski definition) is 0. The zero-order valence-electron chi connectivity index (χ0n) is 13.2. The highest BCUT2D eigenvalue weighted by molar-refractivity contribution is 5.95. The average Bonchev–Trinajstić information content (AvgIpc) is 3.46. The molecule has 3 aromatic rings. The fourth-order valence-corrected chi connectivity index (χ4v) is 3.48. The van der Waals surface area contributed by atoms with Gasteiger partial charge in [0, 0.05) is 24.0 Å². The molecule has 1 aliphatic heterocycles. The van der Waals surface area contributed by atoms with Gasteiger partial charge in [-0.25, -0.2) is 4.79 Å². The van der Waals surface area contributed by atoms with Crippen LogP contribution >= 0.6 is 0 Å². The Bertz CT molecular complexity index is 973. The van der Waals surface area contributed by atoms with Crippen LogP contribution in [0.25, 0.3) is 22.1 Å². The first-order chi connectivity index (χ1) is 11.8. The molecule has 120 valence electrons. The monoisotopic (exact) mass is 319 g/mol. The lowest BCUT2D eigenvalue weighted by Gasteiger charge is -2.29. The van der Waals surface area contributed by atoms with Crippen LogP contribution in [0.4, 0.5) is 0 Å². The smallest absolute Gasteiger partial charge is 0.336 e. The average molecular weight is 319 g/mol. The van der Waals surface area contributed by atoms with Gasteiger partial charge in [-0.2, -0.15) is 0 Å². The summed E-state index contributed by atoms with van der Waals surface area (Å²) < 4.78 is 11.5. The standard InChI is InChI=1S/C20H17NO3/c22-19-10-16(13-4-2-1-3-5-13)15-8-9-18-17(20(15)24-19)11-21(12-23-18)14-6-7-14/h1-5,8-10,14H,6-7,11-12H2. The molecule has 24 heavy (non-hydrogen) atoms. The number of benzene rings is 2. The summed E-state index contributed by atoms with van der Waals surface area (Å²) in [4.78, 5) is 14.5. The van der Waals surface area contributed by atoms with Gasteiger partial charge < -0.3 is 9.15 Å². The summed E-state index contributed by atoms with van der Waals surface area (Å²) in [6.45, 7) is 1.39.